The highest BCUT2D eigenvalue weighted by Crippen LogP contribution is 2.20. The molecule has 8 nitrogen and oxygen atoms in total. The molecule has 2 heterocycles. The highest BCUT2D eigenvalue weighted by molar-refractivity contribution is 5.94. The molecule has 1 saturated heterocycles. The molecule has 0 aromatic carbocycles. The molecule has 1 aromatic rings. The van der Waals surface area contributed by atoms with Gasteiger partial charge in [0.25, 0.3) is 5.91 Å². The summed E-state index contributed by atoms with van der Waals surface area (Å²) >= 11 is 0. The van der Waals surface area contributed by atoms with E-state index in [-0.39, 0.29) is 24.7 Å². The molecule has 19 heavy (non-hydrogen) atoms. The second-order valence-corrected chi connectivity index (χ2v) is 4.90. The van der Waals surface area contributed by atoms with Crippen molar-refractivity contribution in [1.82, 2.24) is 20.1 Å². The molecule has 8 heteroatoms. The number of amides is 1. The van der Waals surface area contributed by atoms with Gasteiger partial charge in [-0.1, -0.05) is 13.8 Å². The van der Waals surface area contributed by atoms with E-state index in [0.29, 0.717) is 5.82 Å². The maximum absolute atomic E-state index is 12.1. The van der Waals surface area contributed by atoms with Gasteiger partial charge in [-0.15, -0.1) is 5.10 Å². The maximum Gasteiger partial charge on any atom is 0.326 e. The highest BCUT2D eigenvalue weighted by atomic mass is 16.4. The number of nitrogens with one attached hydrogen (secondary N) is 1. The molecule has 1 fully saturated rings. The van der Waals surface area contributed by atoms with Gasteiger partial charge in [-0.05, 0) is 0 Å². The Kier molecular flexibility index (Phi) is 3.52. The van der Waals surface area contributed by atoms with Crippen LogP contribution in [0.1, 0.15) is 42.6 Å². The normalized spacial score (nSPS) is 23.1. The van der Waals surface area contributed by atoms with Crippen LogP contribution in [0.4, 0.5) is 0 Å². The monoisotopic (exact) mass is 268 g/mol. The first-order valence-electron chi connectivity index (χ1n) is 6.04. The van der Waals surface area contributed by atoms with Gasteiger partial charge in [0.1, 0.15) is 11.9 Å². The molecule has 0 aliphatic carbocycles. The molecule has 2 rings (SSSR count). The lowest BCUT2D eigenvalue weighted by atomic mass is 10.2. The number of carboxylic acids is 1. The summed E-state index contributed by atoms with van der Waals surface area (Å²) in [6.45, 7) is 3.78. The third-order valence-electron chi connectivity index (χ3n) is 3.07. The Morgan fingerprint density at radius 2 is 2.16 bits per heavy atom. The Balaban J connectivity index is 2.20. The summed E-state index contributed by atoms with van der Waals surface area (Å²) in [5, 5.41) is 25.0. The van der Waals surface area contributed by atoms with E-state index in [9.17, 15) is 14.7 Å². The zero-order valence-corrected chi connectivity index (χ0v) is 10.7. The maximum atomic E-state index is 12.1. The van der Waals surface area contributed by atoms with Crippen LogP contribution in [0.15, 0.2) is 0 Å². The number of carboxylic acid groups (broad SMARTS) is 1. The molecule has 0 saturated carbocycles. The van der Waals surface area contributed by atoms with Crippen LogP contribution in [-0.4, -0.2) is 60.9 Å². The first-order valence-corrected chi connectivity index (χ1v) is 6.04. The summed E-state index contributed by atoms with van der Waals surface area (Å²) in [5.74, 6) is -1.12. The zero-order valence-electron chi connectivity index (χ0n) is 10.7. The fourth-order valence-electron chi connectivity index (χ4n) is 2.03. The van der Waals surface area contributed by atoms with E-state index in [1.165, 1.54) is 0 Å². The van der Waals surface area contributed by atoms with Crippen molar-refractivity contribution in [2.45, 2.75) is 38.3 Å². The first-order chi connectivity index (χ1) is 8.90. The molecule has 1 aromatic heterocycles. The van der Waals surface area contributed by atoms with E-state index in [0.717, 1.165) is 4.90 Å². The minimum atomic E-state index is -1.13. The number of carbonyl (C=O) groups is 2. The Labute approximate surface area is 109 Å². The SMILES string of the molecule is CC(C)c1nc(C(=O)N2C[C@@H](O)C[C@H]2C(=O)O)n[nH]1. The number of carbonyl (C=O) groups excluding carboxylic acids is 1. The largest absolute Gasteiger partial charge is 0.480 e. The van der Waals surface area contributed by atoms with Gasteiger partial charge in [0.15, 0.2) is 0 Å². The van der Waals surface area contributed by atoms with Gasteiger partial charge in [0.05, 0.1) is 6.10 Å². The molecule has 3 N–H and O–H groups in total. The lowest BCUT2D eigenvalue weighted by Crippen LogP contribution is -2.41. The van der Waals surface area contributed by atoms with Gasteiger partial charge in [0, 0.05) is 18.9 Å². The van der Waals surface area contributed by atoms with E-state index in [1.807, 2.05) is 13.8 Å². The van der Waals surface area contributed by atoms with Crippen molar-refractivity contribution in [3.8, 4) is 0 Å². The summed E-state index contributed by atoms with van der Waals surface area (Å²) in [6.07, 6.45) is -0.795. The number of H-pyrrole nitrogens is 1. The van der Waals surface area contributed by atoms with Gasteiger partial charge in [-0.25, -0.2) is 9.78 Å². The molecule has 0 unspecified atom stereocenters. The van der Waals surface area contributed by atoms with Crippen LogP contribution in [0.3, 0.4) is 0 Å². The highest BCUT2D eigenvalue weighted by Gasteiger charge is 2.40. The summed E-state index contributed by atoms with van der Waals surface area (Å²) in [4.78, 5) is 28.3. The summed E-state index contributed by atoms with van der Waals surface area (Å²) in [6, 6.07) is -1.02. The lowest BCUT2D eigenvalue weighted by Gasteiger charge is -2.19. The summed E-state index contributed by atoms with van der Waals surface area (Å²) < 4.78 is 0. The summed E-state index contributed by atoms with van der Waals surface area (Å²) in [5.41, 5.74) is 0. The average Bonchev–Trinajstić information content (AvgIpc) is 2.94. The molecule has 104 valence electrons. The van der Waals surface area contributed by atoms with Gasteiger partial charge in [0.2, 0.25) is 5.82 Å². The van der Waals surface area contributed by atoms with E-state index in [1.54, 1.807) is 0 Å². The van der Waals surface area contributed by atoms with Crippen molar-refractivity contribution in [3.05, 3.63) is 11.6 Å². The number of aliphatic hydroxyl groups is 1. The first kappa shape index (κ1) is 13.5. The number of aliphatic hydroxyl groups excluding tert-OH is 1. The van der Waals surface area contributed by atoms with Crippen molar-refractivity contribution in [3.63, 3.8) is 0 Å². The number of aliphatic carboxylic acids is 1. The molecule has 1 aliphatic rings. The Hall–Kier alpha value is -1.96. The Bertz CT molecular complexity index is 499. The Morgan fingerprint density at radius 3 is 2.68 bits per heavy atom. The standard InChI is InChI=1S/C11H16N4O4/c1-5(2)8-12-9(14-13-8)10(17)15-4-6(16)3-7(15)11(18)19/h5-7,16H,3-4H2,1-2H3,(H,18,19)(H,12,13,14)/t6-,7-/m0/s1. The second-order valence-electron chi connectivity index (χ2n) is 4.90. The second kappa shape index (κ2) is 4.96. The summed E-state index contributed by atoms with van der Waals surface area (Å²) in [7, 11) is 0. The average molecular weight is 268 g/mol. The number of aromatic amines is 1. The van der Waals surface area contributed by atoms with Crippen molar-refractivity contribution in [2.75, 3.05) is 6.54 Å². The van der Waals surface area contributed by atoms with E-state index >= 15 is 0 Å². The smallest absolute Gasteiger partial charge is 0.326 e. The number of hydrogen-bond acceptors (Lipinski definition) is 5. The molecular weight excluding hydrogens is 252 g/mol. The molecule has 1 amide bonds. The number of aromatic nitrogens is 3. The quantitative estimate of drug-likeness (QED) is 0.685. The predicted octanol–water partition coefficient (Wildman–Crippen LogP) is -0.412. The number of hydrogen-bond donors (Lipinski definition) is 3. The van der Waals surface area contributed by atoms with Crippen molar-refractivity contribution in [2.24, 2.45) is 0 Å². The van der Waals surface area contributed by atoms with Crippen molar-refractivity contribution < 1.29 is 19.8 Å². The van der Waals surface area contributed by atoms with Crippen molar-refractivity contribution in [1.29, 1.82) is 0 Å². The van der Waals surface area contributed by atoms with Gasteiger partial charge in [-0.2, -0.15) is 0 Å². The van der Waals surface area contributed by atoms with Crippen LogP contribution < -0.4 is 0 Å². The molecule has 2 atom stereocenters. The van der Waals surface area contributed by atoms with Gasteiger partial charge < -0.3 is 15.1 Å². The zero-order chi connectivity index (χ0) is 14.2. The Morgan fingerprint density at radius 1 is 1.47 bits per heavy atom. The van der Waals surface area contributed by atoms with Crippen LogP contribution in [-0.2, 0) is 4.79 Å². The number of β-amino-alcohol motifs (C(OH)–C–C–N with tert-alkyl or cyclic N) is 1. The number of nitrogens with zero attached hydrogens (tertiary/aromatic N) is 3. The fraction of sp³-hybridized carbons (Fsp3) is 0.636. The van der Waals surface area contributed by atoms with Crippen molar-refractivity contribution >= 4 is 11.9 Å². The molecular formula is C11H16N4O4. The van der Waals surface area contributed by atoms with Gasteiger partial charge >= 0.3 is 5.97 Å². The molecule has 0 spiro atoms. The fourth-order valence-corrected chi connectivity index (χ4v) is 2.03. The third-order valence-corrected chi connectivity index (χ3v) is 3.07. The molecule has 0 radical (unpaired) electrons. The lowest BCUT2D eigenvalue weighted by molar-refractivity contribution is -0.141. The van der Waals surface area contributed by atoms with Crippen LogP contribution in [0.2, 0.25) is 0 Å². The number of rotatable bonds is 3. The molecule has 1 aliphatic heterocycles. The minimum absolute atomic E-state index is 0.0125. The van der Waals surface area contributed by atoms with Crippen LogP contribution >= 0.6 is 0 Å². The van der Waals surface area contributed by atoms with Crippen LogP contribution in [0.25, 0.3) is 0 Å². The molecule has 0 bridgehead atoms. The number of likely N-dealkylation sites (tertiary alicyclic amines) is 1. The predicted molar refractivity (Wildman–Crippen MR) is 63.6 cm³/mol. The van der Waals surface area contributed by atoms with Gasteiger partial charge in [-0.3, -0.25) is 9.89 Å². The van der Waals surface area contributed by atoms with Crippen LogP contribution in [0, 0.1) is 0 Å². The third kappa shape index (κ3) is 2.58. The van der Waals surface area contributed by atoms with E-state index in [2.05, 4.69) is 15.2 Å². The minimum Gasteiger partial charge on any atom is -0.480 e. The van der Waals surface area contributed by atoms with E-state index < -0.39 is 24.0 Å². The van der Waals surface area contributed by atoms with E-state index in [4.69, 9.17) is 5.11 Å². The topological polar surface area (TPSA) is 119 Å². The van der Waals surface area contributed by atoms with Crippen LogP contribution in [0.5, 0.6) is 0 Å².